The van der Waals surface area contributed by atoms with Crippen LogP contribution in [0, 0.1) is 5.82 Å². The fourth-order valence-corrected chi connectivity index (χ4v) is 1.82. The number of hydrogen-bond donors (Lipinski definition) is 1. The molecule has 0 radical (unpaired) electrons. The number of halogens is 1. The van der Waals surface area contributed by atoms with E-state index in [0.29, 0.717) is 18.6 Å². The fraction of sp³-hybridized carbons (Fsp3) is 0.500. The monoisotopic (exact) mass is 295 g/mol. The number of amides is 1. The van der Waals surface area contributed by atoms with Crippen molar-refractivity contribution in [3.8, 4) is 0 Å². The van der Waals surface area contributed by atoms with Crippen LogP contribution >= 0.6 is 0 Å². The molecule has 0 heterocycles. The predicted octanol–water partition coefficient (Wildman–Crippen LogP) is 2.61. The summed E-state index contributed by atoms with van der Waals surface area (Å²) in [7, 11) is 0. The van der Waals surface area contributed by atoms with Crippen molar-refractivity contribution in [1.29, 1.82) is 0 Å². The van der Waals surface area contributed by atoms with E-state index in [1.807, 2.05) is 6.92 Å². The van der Waals surface area contributed by atoms with Crippen molar-refractivity contribution in [3.63, 3.8) is 0 Å². The minimum absolute atomic E-state index is 0.0382. The average molecular weight is 295 g/mol. The molecule has 1 aromatic carbocycles. The molecule has 0 saturated heterocycles. The molecule has 1 atom stereocenters. The Bertz CT molecular complexity index is 476. The lowest BCUT2D eigenvalue weighted by molar-refractivity contribution is -0.148. The zero-order chi connectivity index (χ0) is 15.7. The van der Waals surface area contributed by atoms with Crippen molar-refractivity contribution in [3.05, 3.63) is 35.6 Å². The maximum Gasteiger partial charge on any atom is 0.328 e. The molecule has 1 N–H and O–H groups in total. The average Bonchev–Trinajstić information content (AvgIpc) is 2.44. The molecule has 0 aromatic heterocycles. The van der Waals surface area contributed by atoms with Gasteiger partial charge in [0, 0.05) is 0 Å². The molecule has 4 nitrogen and oxygen atoms in total. The van der Waals surface area contributed by atoms with Gasteiger partial charge in [-0.25, -0.2) is 9.18 Å². The minimum atomic E-state index is -0.650. The summed E-state index contributed by atoms with van der Waals surface area (Å²) in [5.41, 5.74) is 0.571. The van der Waals surface area contributed by atoms with Crippen molar-refractivity contribution in [2.75, 3.05) is 6.61 Å². The zero-order valence-corrected chi connectivity index (χ0v) is 12.5. The van der Waals surface area contributed by atoms with Gasteiger partial charge in [-0.1, -0.05) is 32.4 Å². The van der Waals surface area contributed by atoms with Crippen LogP contribution < -0.4 is 5.32 Å². The summed E-state index contributed by atoms with van der Waals surface area (Å²) in [6.07, 6.45) is 2.24. The van der Waals surface area contributed by atoms with Gasteiger partial charge in [-0.2, -0.15) is 0 Å². The van der Waals surface area contributed by atoms with Crippen LogP contribution in [0.4, 0.5) is 4.39 Å². The lowest BCUT2D eigenvalue weighted by atomic mass is 10.1. The second kappa shape index (κ2) is 9.10. The number of hydrogen-bond acceptors (Lipinski definition) is 3. The van der Waals surface area contributed by atoms with E-state index in [1.165, 1.54) is 12.1 Å². The first kappa shape index (κ1) is 17.1. The summed E-state index contributed by atoms with van der Waals surface area (Å²) in [4.78, 5) is 23.7. The Morgan fingerprint density at radius 1 is 1.33 bits per heavy atom. The standard InChI is InChI=1S/C16H22FNO3/c1-3-5-9-21-16(20)14(4-2)18-15(19)11-12-7-6-8-13(17)10-12/h6-8,10,14H,3-5,9,11H2,1-2H3,(H,18,19). The Labute approximate surface area is 124 Å². The SMILES string of the molecule is CCCCOC(=O)C(CC)NC(=O)Cc1cccc(F)c1. The Kier molecular flexibility index (Phi) is 7.43. The van der Waals surface area contributed by atoms with Crippen LogP contribution in [0.3, 0.4) is 0 Å². The van der Waals surface area contributed by atoms with Crippen LogP contribution in [-0.2, 0) is 20.7 Å². The van der Waals surface area contributed by atoms with Gasteiger partial charge in [0.15, 0.2) is 0 Å². The highest BCUT2D eigenvalue weighted by molar-refractivity contribution is 5.85. The second-order valence-corrected chi connectivity index (χ2v) is 4.86. The fourth-order valence-electron chi connectivity index (χ4n) is 1.82. The van der Waals surface area contributed by atoms with Gasteiger partial charge in [-0.3, -0.25) is 4.79 Å². The van der Waals surface area contributed by atoms with Crippen LogP contribution in [0.25, 0.3) is 0 Å². The van der Waals surface area contributed by atoms with Crippen LogP contribution in [0.15, 0.2) is 24.3 Å². The summed E-state index contributed by atoms with van der Waals surface area (Å²) in [5, 5.41) is 2.63. The lowest BCUT2D eigenvalue weighted by Crippen LogP contribution is -2.42. The minimum Gasteiger partial charge on any atom is -0.464 e. The van der Waals surface area contributed by atoms with Gasteiger partial charge in [0.2, 0.25) is 5.91 Å². The highest BCUT2D eigenvalue weighted by Crippen LogP contribution is 2.05. The Morgan fingerprint density at radius 3 is 2.71 bits per heavy atom. The van der Waals surface area contributed by atoms with Crippen LogP contribution in [0.5, 0.6) is 0 Å². The molecule has 1 aromatic rings. The molecule has 5 heteroatoms. The molecule has 21 heavy (non-hydrogen) atoms. The molecular formula is C16H22FNO3. The van der Waals surface area contributed by atoms with E-state index < -0.39 is 12.0 Å². The predicted molar refractivity (Wildman–Crippen MR) is 78.2 cm³/mol. The highest BCUT2D eigenvalue weighted by atomic mass is 19.1. The van der Waals surface area contributed by atoms with Crippen molar-refractivity contribution in [2.45, 2.75) is 45.6 Å². The quantitative estimate of drug-likeness (QED) is 0.592. The summed E-state index contributed by atoms with van der Waals surface area (Å²) >= 11 is 0. The van der Waals surface area contributed by atoms with E-state index in [1.54, 1.807) is 19.1 Å². The van der Waals surface area contributed by atoms with Gasteiger partial charge in [-0.05, 0) is 30.5 Å². The maximum absolute atomic E-state index is 13.0. The normalized spacial score (nSPS) is 11.8. The first-order chi connectivity index (χ1) is 10.1. The van der Waals surface area contributed by atoms with Gasteiger partial charge in [-0.15, -0.1) is 0 Å². The third-order valence-electron chi connectivity index (χ3n) is 3.02. The van der Waals surface area contributed by atoms with Gasteiger partial charge in [0.1, 0.15) is 11.9 Å². The Morgan fingerprint density at radius 2 is 2.10 bits per heavy atom. The van der Waals surface area contributed by atoms with Gasteiger partial charge < -0.3 is 10.1 Å². The number of rotatable bonds is 8. The molecule has 0 aliphatic rings. The van der Waals surface area contributed by atoms with Gasteiger partial charge in [0.05, 0.1) is 13.0 Å². The molecule has 0 saturated carbocycles. The molecule has 1 amide bonds. The van der Waals surface area contributed by atoms with Crippen LogP contribution in [0.1, 0.15) is 38.7 Å². The Balaban J connectivity index is 2.48. The van der Waals surface area contributed by atoms with Crippen molar-refractivity contribution < 1.29 is 18.7 Å². The summed E-state index contributed by atoms with van der Waals surface area (Å²) in [6, 6.07) is 5.20. The molecule has 0 spiro atoms. The van der Waals surface area contributed by atoms with Crippen molar-refractivity contribution in [2.24, 2.45) is 0 Å². The number of carbonyl (C=O) groups excluding carboxylic acids is 2. The van der Waals surface area contributed by atoms with E-state index >= 15 is 0 Å². The number of unbranched alkanes of at least 4 members (excludes halogenated alkanes) is 1. The number of benzene rings is 1. The topological polar surface area (TPSA) is 55.4 Å². The van der Waals surface area contributed by atoms with E-state index in [0.717, 1.165) is 12.8 Å². The number of ether oxygens (including phenoxy) is 1. The van der Waals surface area contributed by atoms with Crippen LogP contribution in [0.2, 0.25) is 0 Å². The zero-order valence-electron chi connectivity index (χ0n) is 12.5. The Hall–Kier alpha value is -1.91. The first-order valence-electron chi connectivity index (χ1n) is 7.27. The lowest BCUT2D eigenvalue weighted by Gasteiger charge is -2.16. The molecule has 0 aliphatic heterocycles. The summed E-state index contributed by atoms with van der Waals surface area (Å²) in [6.45, 7) is 4.17. The molecule has 0 fully saturated rings. The first-order valence-corrected chi connectivity index (χ1v) is 7.27. The third kappa shape index (κ3) is 6.38. The number of nitrogens with one attached hydrogen (secondary N) is 1. The van der Waals surface area contributed by atoms with Crippen molar-refractivity contribution in [1.82, 2.24) is 5.32 Å². The van der Waals surface area contributed by atoms with Gasteiger partial charge in [0.25, 0.3) is 0 Å². The largest absolute Gasteiger partial charge is 0.464 e. The molecule has 1 rings (SSSR count). The maximum atomic E-state index is 13.0. The molecule has 0 bridgehead atoms. The smallest absolute Gasteiger partial charge is 0.328 e. The second-order valence-electron chi connectivity index (χ2n) is 4.86. The summed E-state index contributed by atoms with van der Waals surface area (Å²) < 4.78 is 18.1. The molecule has 116 valence electrons. The molecule has 1 unspecified atom stereocenters. The van der Waals surface area contributed by atoms with Crippen molar-refractivity contribution >= 4 is 11.9 Å². The van der Waals surface area contributed by atoms with E-state index in [9.17, 15) is 14.0 Å². The molecule has 0 aliphatic carbocycles. The molecular weight excluding hydrogens is 273 g/mol. The van der Waals surface area contributed by atoms with Crippen LogP contribution in [-0.4, -0.2) is 24.5 Å². The van der Waals surface area contributed by atoms with E-state index in [4.69, 9.17) is 4.74 Å². The summed E-state index contributed by atoms with van der Waals surface area (Å²) in [5.74, 6) is -1.12. The van der Waals surface area contributed by atoms with E-state index in [-0.39, 0.29) is 18.1 Å². The van der Waals surface area contributed by atoms with Gasteiger partial charge >= 0.3 is 5.97 Å². The number of carbonyl (C=O) groups is 2. The highest BCUT2D eigenvalue weighted by Gasteiger charge is 2.20. The third-order valence-corrected chi connectivity index (χ3v) is 3.02. The van der Waals surface area contributed by atoms with E-state index in [2.05, 4.69) is 5.32 Å². The number of esters is 1.